The highest BCUT2D eigenvalue weighted by Gasteiger charge is 2.36. The van der Waals surface area contributed by atoms with E-state index in [-0.39, 0.29) is 12.5 Å². The lowest BCUT2D eigenvalue weighted by Crippen LogP contribution is -2.59. The van der Waals surface area contributed by atoms with Crippen molar-refractivity contribution in [2.75, 3.05) is 18.6 Å². The van der Waals surface area contributed by atoms with E-state index in [9.17, 15) is 14.7 Å². The Hall–Kier alpha value is -0.950. The van der Waals surface area contributed by atoms with Gasteiger partial charge in [0, 0.05) is 0 Å². The molecule has 122 valence electrons. The lowest BCUT2D eigenvalue weighted by molar-refractivity contribution is -0.126. The molecule has 1 fully saturated rings. The Morgan fingerprint density at radius 1 is 1.43 bits per heavy atom. The third-order valence-corrected chi connectivity index (χ3v) is 4.81. The van der Waals surface area contributed by atoms with Gasteiger partial charge in [0.05, 0.1) is 12.1 Å². The molecule has 0 aromatic heterocycles. The molecule has 0 aromatic rings. The van der Waals surface area contributed by atoms with Gasteiger partial charge in [-0.05, 0) is 50.0 Å². The number of nitrogens with one attached hydrogen (secondary N) is 2. The van der Waals surface area contributed by atoms with Crippen LogP contribution in [0.2, 0.25) is 0 Å². The summed E-state index contributed by atoms with van der Waals surface area (Å²) in [5.41, 5.74) is 4.58. The number of aliphatic hydroxyl groups is 1. The minimum Gasteiger partial charge on any atom is -0.394 e. The monoisotopic (exact) mass is 317 g/mol. The molecule has 0 heterocycles. The standard InChI is InChI=1S/C14H27N3O3S/c1-10-3-6-14(9-18,7-4-10)17-12(19)11(5-8-21-2)16-13(15)20/h10-11,18H,3-9H2,1-2H3,(H,17,19)(H3,15,16,20). The zero-order valence-corrected chi connectivity index (χ0v) is 13.7. The van der Waals surface area contributed by atoms with E-state index in [0.717, 1.165) is 31.4 Å². The number of nitrogens with two attached hydrogens (primary N) is 1. The average Bonchev–Trinajstić information content (AvgIpc) is 2.45. The molecule has 1 aliphatic carbocycles. The van der Waals surface area contributed by atoms with Crippen molar-refractivity contribution in [1.29, 1.82) is 0 Å². The quantitative estimate of drug-likeness (QED) is 0.558. The molecule has 0 radical (unpaired) electrons. The molecule has 5 N–H and O–H groups in total. The molecule has 7 heteroatoms. The first kappa shape index (κ1) is 18.1. The summed E-state index contributed by atoms with van der Waals surface area (Å²) in [7, 11) is 0. The van der Waals surface area contributed by atoms with Crippen molar-refractivity contribution in [3.63, 3.8) is 0 Å². The maximum absolute atomic E-state index is 12.4. The fraction of sp³-hybridized carbons (Fsp3) is 0.857. The van der Waals surface area contributed by atoms with Crippen LogP contribution in [0.15, 0.2) is 0 Å². The van der Waals surface area contributed by atoms with Crippen LogP contribution < -0.4 is 16.4 Å². The molecular weight excluding hydrogens is 290 g/mol. The van der Waals surface area contributed by atoms with Gasteiger partial charge in [0.25, 0.3) is 0 Å². The van der Waals surface area contributed by atoms with Gasteiger partial charge in [-0.2, -0.15) is 11.8 Å². The van der Waals surface area contributed by atoms with Gasteiger partial charge in [0.1, 0.15) is 6.04 Å². The van der Waals surface area contributed by atoms with Crippen LogP contribution in [0.3, 0.4) is 0 Å². The van der Waals surface area contributed by atoms with Crippen molar-refractivity contribution in [2.24, 2.45) is 11.7 Å². The van der Waals surface area contributed by atoms with Gasteiger partial charge in [-0.1, -0.05) is 6.92 Å². The minimum absolute atomic E-state index is 0.0721. The molecule has 1 saturated carbocycles. The third-order valence-electron chi connectivity index (χ3n) is 4.17. The lowest BCUT2D eigenvalue weighted by atomic mass is 9.77. The first-order chi connectivity index (χ1) is 9.92. The van der Waals surface area contributed by atoms with Gasteiger partial charge in [0.15, 0.2) is 0 Å². The van der Waals surface area contributed by atoms with E-state index in [2.05, 4.69) is 17.6 Å². The summed E-state index contributed by atoms with van der Waals surface area (Å²) in [5.74, 6) is 1.12. The Morgan fingerprint density at radius 3 is 2.52 bits per heavy atom. The SMILES string of the molecule is CSCCC(NC(N)=O)C(=O)NC1(CO)CCC(C)CC1. The predicted octanol–water partition coefficient (Wildman–Crippen LogP) is 0.834. The van der Waals surface area contributed by atoms with Gasteiger partial charge in [0.2, 0.25) is 5.91 Å². The summed E-state index contributed by atoms with van der Waals surface area (Å²) in [4.78, 5) is 23.4. The summed E-state index contributed by atoms with van der Waals surface area (Å²) in [6, 6.07) is -1.34. The number of carbonyl (C=O) groups is 2. The van der Waals surface area contributed by atoms with Crippen molar-refractivity contribution < 1.29 is 14.7 Å². The highest BCUT2D eigenvalue weighted by atomic mass is 32.2. The van der Waals surface area contributed by atoms with Crippen molar-refractivity contribution >= 4 is 23.7 Å². The number of rotatable bonds is 7. The van der Waals surface area contributed by atoms with Gasteiger partial charge < -0.3 is 21.5 Å². The van der Waals surface area contributed by atoms with E-state index in [1.165, 1.54) is 0 Å². The second-order valence-electron chi connectivity index (χ2n) is 5.95. The van der Waals surface area contributed by atoms with Crippen LogP contribution in [0.1, 0.15) is 39.0 Å². The van der Waals surface area contributed by atoms with Gasteiger partial charge in [-0.3, -0.25) is 4.79 Å². The molecule has 1 atom stereocenters. The number of aliphatic hydroxyl groups excluding tert-OH is 1. The summed E-state index contributed by atoms with van der Waals surface area (Å²) in [6.45, 7) is 2.11. The fourth-order valence-corrected chi connectivity index (χ4v) is 3.13. The van der Waals surface area contributed by atoms with Crippen molar-refractivity contribution in [2.45, 2.75) is 50.6 Å². The Balaban J connectivity index is 2.66. The molecule has 1 unspecified atom stereocenters. The lowest BCUT2D eigenvalue weighted by Gasteiger charge is -2.39. The van der Waals surface area contributed by atoms with Crippen LogP contribution in [0.4, 0.5) is 4.79 Å². The van der Waals surface area contributed by atoms with E-state index < -0.39 is 17.6 Å². The molecule has 21 heavy (non-hydrogen) atoms. The Morgan fingerprint density at radius 2 is 2.05 bits per heavy atom. The van der Waals surface area contributed by atoms with Gasteiger partial charge >= 0.3 is 6.03 Å². The zero-order valence-electron chi connectivity index (χ0n) is 12.9. The molecule has 0 saturated heterocycles. The van der Waals surface area contributed by atoms with E-state index >= 15 is 0 Å². The molecule has 6 nitrogen and oxygen atoms in total. The molecule has 0 aliphatic heterocycles. The summed E-state index contributed by atoms with van der Waals surface area (Å²) >= 11 is 1.60. The molecule has 1 rings (SSSR count). The van der Waals surface area contributed by atoms with Crippen LogP contribution in [-0.4, -0.2) is 47.2 Å². The van der Waals surface area contributed by atoms with Crippen LogP contribution in [-0.2, 0) is 4.79 Å². The molecule has 3 amide bonds. The van der Waals surface area contributed by atoms with Crippen molar-refractivity contribution in [1.82, 2.24) is 10.6 Å². The maximum Gasteiger partial charge on any atom is 0.312 e. The topological polar surface area (TPSA) is 104 Å². The molecule has 0 bridgehead atoms. The van der Waals surface area contributed by atoms with Crippen LogP contribution in [0, 0.1) is 5.92 Å². The smallest absolute Gasteiger partial charge is 0.312 e. The van der Waals surface area contributed by atoms with Crippen molar-refractivity contribution in [3.05, 3.63) is 0 Å². The molecule has 1 aliphatic rings. The number of thioether (sulfide) groups is 1. The van der Waals surface area contributed by atoms with Crippen LogP contribution in [0.25, 0.3) is 0 Å². The Labute approximate surface area is 130 Å². The third kappa shape index (κ3) is 5.74. The van der Waals surface area contributed by atoms with E-state index in [0.29, 0.717) is 12.3 Å². The highest BCUT2D eigenvalue weighted by molar-refractivity contribution is 7.98. The van der Waals surface area contributed by atoms with Gasteiger partial charge in [-0.25, -0.2) is 4.79 Å². The maximum atomic E-state index is 12.4. The molecule has 0 spiro atoms. The number of urea groups is 1. The Bertz CT molecular complexity index is 357. The van der Waals surface area contributed by atoms with E-state index in [1.54, 1.807) is 11.8 Å². The summed E-state index contributed by atoms with van der Waals surface area (Å²) in [6.07, 6.45) is 5.97. The minimum atomic E-state index is -0.702. The second-order valence-corrected chi connectivity index (χ2v) is 6.94. The first-order valence-corrected chi connectivity index (χ1v) is 8.79. The number of hydrogen-bond donors (Lipinski definition) is 4. The normalized spacial score (nSPS) is 26.9. The summed E-state index contributed by atoms with van der Waals surface area (Å²) < 4.78 is 0. The second kappa shape index (κ2) is 8.48. The van der Waals surface area contributed by atoms with E-state index in [1.807, 2.05) is 6.26 Å². The average molecular weight is 317 g/mol. The van der Waals surface area contributed by atoms with Crippen LogP contribution >= 0.6 is 11.8 Å². The number of amides is 3. The van der Waals surface area contributed by atoms with Crippen LogP contribution in [0.5, 0.6) is 0 Å². The summed E-state index contributed by atoms with van der Waals surface area (Å²) in [5, 5.41) is 15.1. The zero-order chi connectivity index (χ0) is 15.9. The first-order valence-electron chi connectivity index (χ1n) is 7.40. The fourth-order valence-electron chi connectivity index (χ4n) is 2.66. The molecule has 0 aromatic carbocycles. The van der Waals surface area contributed by atoms with Gasteiger partial charge in [-0.15, -0.1) is 0 Å². The number of hydrogen-bond acceptors (Lipinski definition) is 4. The molecular formula is C14H27N3O3S. The van der Waals surface area contributed by atoms with Crippen molar-refractivity contribution in [3.8, 4) is 0 Å². The number of primary amides is 1. The largest absolute Gasteiger partial charge is 0.394 e. The van der Waals surface area contributed by atoms with E-state index in [4.69, 9.17) is 5.73 Å². The predicted molar refractivity (Wildman–Crippen MR) is 85.1 cm³/mol. The Kier molecular flexibility index (Phi) is 7.31. The highest BCUT2D eigenvalue weighted by Crippen LogP contribution is 2.31. The number of carbonyl (C=O) groups excluding carboxylic acids is 2.